The van der Waals surface area contributed by atoms with E-state index >= 15 is 0 Å². The summed E-state index contributed by atoms with van der Waals surface area (Å²) in [6.45, 7) is 3.66. The van der Waals surface area contributed by atoms with E-state index in [2.05, 4.69) is 19.6 Å². The van der Waals surface area contributed by atoms with Crippen LogP contribution < -0.4 is 5.73 Å². The number of aromatic nitrogens is 4. The van der Waals surface area contributed by atoms with Crippen molar-refractivity contribution in [3.05, 3.63) is 27.5 Å². The summed E-state index contributed by atoms with van der Waals surface area (Å²) in [7, 11) is 4.04. The van der Waals surface area contributed by atoms with Gasteiger partial charge < -0.3 is 10.6 Å². The lowest BCUT2D eigenvalue weighted by molar-refractivity contribution is 0.368. The quantitative estimate of drug-likeness (QED) is 0.876. The highest BCUT2D eigenvalue weighted by Crippen LogP contribution is 2.29. The molecule has 2 aromatic rings. The Morgan fingerprint density at radius 1 is 1.50 bits per heavy atom. The fraction of sp³-hybridized carbons (Fsp3) is 0.583. The Bertz CT molecular complexity index is 564. The summed E-state index contributed by atoms with van der Waals surface area (Å²) < 4.78 is 5.86. The molecule has 2 aromatic heterocycles. The maximum Gasteiger partial charge on any atom is 0.0867 e. The topological polar surface area (TPSA) is 72.9 Å². The van der Waals surface area contributed by atoms with Crippen LogP contribution >= 0.6 is 23.1 Å². The van der Waals surface area contributed by atoms with Gasteiger partial charge in [0.1, 0.15) is 0 Å². The molecule has 2 rings (SSSR count). The third kappa shape index (κ3) is 3.17. The molecule has 1 unspecified atom stereocenters. The lowest BCUT2D eigenvalue weighted by Gasteiger charge is -2.16. The molecule has 0 spiro atoms. The standard InChI is InChI=1S/C12H19ClN6S/c1-4-9-12(20-17-16-9)10(14)11-8(13)7-15-19(11)6-5-18(2)3/h7,10H,4-6,14H2,1-3H3. The summed E-state index contributed by atoms with van der Waals surface area (Å²) >= 11 is 7.58. The summed E-state index contributed by atoms with van der Waals surface area (Å²) in [5.74, 6) is 0. The Hall–Kier alpha value is -1.02. The third-order valence-corrected chi connectivity index (χ3v) is 4.23. The summed E-state index contributed by atoms with van der Waals surface area (Å²) in [6.07, 6.45) is 2.45. The molecule has 0 fully saturated rings. The van der Waals surface area contributed by atoms with Gasteiger partial charge in [-0.25, -0.2) is 0 Å². The largest absolute Gasteiger partial charge is 0.318 e. The van der Waals surface area contributed by atoms with E-state index in [4.69, 9.17) is 17.3 Å². The van der Waals surface area contributed by atoms with Crippen molar-refractivity contribution < 1.29 is 0 Å². The summed E-state index contributed by atoms with van der Waals surface area (Å²) in [4.78, 5) is 3.05. The fourth-order valence-electron chi connectivity index (χ4n) is 1.98. The minimum Gasteiger partial charge on any atom is -0.318 e. The van der Waals surface area contributed by atoms with Crippen LogP contribution in [0.25, 0.3) is 0 Å². The van der Waals surface area contributed by atoms with E-state index in [1.807, 2.05) is 25.7 Å². The first-order valence-electron chi connectivity index (χ1n) is 6.47. The molecule has 20 heavy (non-hydrogen) atoms. The minimum atomic E-state index is -0.331. The molecule has 0 aliphatic rings. The molecule has 0 amide bonds. The Balaban J connectivity index is 2.29. The maximum absolute atomic E-state index is 6.36. The highest BCUT2D eigenvalue weighted by Gasteiger charge is 2.23. The zero-order chi connectivity index (χ0) is 14.7. The van der Waals surface area contributed by atoms with Crippen molar-refractivity contribution in [1.29, 1.82) is 0 Å². The first-order valence-corrected chi connectivity index (χ1v) is 7.62. The number of aryl methyl sites for hydroxylation is 1. The monoisotopic (exact) mass is 314 g/mol. The van der Waals surface area contributed by atoms with Crippen molar-refractivity contribution in [2.75, 3.05) is 20.6 Å². The van der Waals surface area contributed by atoms with Gasteiger partial charge in [0.15, 0.2) is 0 Å². The van der Waals surface area contributed by atoms with Crippen molar-refractivity contribution in [2.24, 2.45) is 5.73 Å². The molecule has 2 N–H and O–H groups in total. The minimum absolute atomic E-state index is 0.331. The molecule has 0 aliphatic carbocycles. The average molecular weight is 315 g/mol. The third-order valence-electron chi connectivity index (χ3n) is 3.09. The first kappa shape index (κ1) is 15.4. The van der Waals surface area contributed by atoms with Crippen LogP contribution in [-0.4, -0.2) is 44.9 Å². The summed E-state index contributed by atoms with van der Waals surface area (Å²) in [6, 6.07) is -0.331. The van der Waals surface area contributed by atoms with Crippen molar-refractivity contribution in [2.45, 2.75) is 25.9 Å². The van der Waals surface area contributed by atoms with Gasteiger partial charge in [-0.1, -0.05) is 23.0 Å². The molecule has 8 heteroatoms. The fourth-order valence-corrected chi connectivity index (χ4v) is 2.98. The number of hydrogen-bond donors (Lipinski definition) is 1. The Morgan fingerprint density at radius 3 is 2.90 bits per heavy atom. The molecule has 0 radical (unpaired) electrons. The van der Waals surface area contributed by atoms with Gasteiger partial charge in [0, 0.05) is 6.54 Å². The Morgan fingerprint density at radius 2 is 2.25 bits per heavy atom. The number of halogens is 1. The predicted molar refractivity (Wildman–Crippen MR) is 81.1 cm³/mol. The zero-order valence-electron chi connectivity index (χ0n) is 11.9. The van der Waals surface area contributed by atoms with Gasteiger partial charge in [-0.15, -0.1) is 5.10 Å². The van der Waals surface area contributed by atoms with Crippen LogP contribution in [0.5, 0.6) is 0 Å². The van der Waals surface area contributed by atoms with Crippen molar-refractivity contribution in [3.63, 3.8) is 0 Å². The molecular formula is C12H19ClN6S. The van der Waals surface area contributed by atoms with Crippen LogP contribution in [0.4, 0.5) is 0 Å². The zero-order valence-corrected chi connectivity index (χ0v) is 13.4. The number of rotatable bonds is 6. The average Bonchev–Trinajstić information content (AvgIpc) is 3.01. The number of nitrogens with two attached hydrogens (primary N) is 1. The van der Waals surface area contributed by atoms with E-state index in [-0.39, 0.29) is 6.04 Å². The van der Waals surface area contributed by atoms with E-state index in [0.717, 1.165) is 35.8 Å². The maximum atomic E-state index is 6.36. The van der Waals surface area contributed by atoms with E-state index in [0.29, 0.717) is 5.02 Å². The summed E-state index contributed by atoms with van der Waals surface area (Å²) in [5.41, 5.74) is 8.12. The SMILES string of the molecule is CCc1nnsc1C(N)c1c(Cl)cnn1CCN(C)C. The van der Waals surface area contributed by atoms with Gasteiger partial charge >= 0.3 is 0 Å². The van der Waals surface area contributed by atoms with Gasteiger partial charge in [0.25, 0.3) is 0 Å². The second-order valence-corrected chi connectivity index (χ2v) is 6.01. The van der Waals surface area contributed by atoms with Crippen LogP contribution in [0.15, 0.2) is 6.20 Å². The van der Waals surface area contributed by atoms with Crippen LogP contribution in [0.1, 0.15) is 29.2 Å². The van der Waals surface area contributed by atoms with Gasteiger partial charge in [0.2, 0.25) is 0 Å². The molecular weight excluding hydrogens is 296 g/mol. The highest BCUT2D eigenvalue weighted by molar-refractivity contribution is 7.05. The van der Waals surface area contributed by atoms with E-state index in [1.54, 1.807) is 6.20 Å². The van der Waals surface area contributed by atoms with Gasteiger partial charge in [-0.3, -0.25) is 4.68 Å². The number of hydrogen-bond acceptors (Lipinski definition) is 6. The molecule has 6 nitrogen and oxygen atoms in total. The molecule has 0 saturated heterocycles. The Kier molecular flexibility index (Phi) is 5.09. The van der Waals surface area contributed by atoms with E-state index < -0.39 is 0 Å². The summed E-state index contributed by atoms with van der Waals surface area (Å²) in [5, 5.41) is 9.01. The number of likely N-dealkylation sites (N-methyl/N-ethyl adjacent to an activating group) is 1. The molecule has 1 atom stereocenters. The predicted octanol–water partition coefficient (Wildman–Crippen LogP) is 1.56. The molecule has 0 bridgehead atoms. The molecule has 0 saturated carbocycles. The van der Waals surface area contributed by atoms with Crippen molar-refractivity contribution in [3.8, 4) is 0 Å². The first-order chi connectivity index (χ1) is 9.54. The van der Waals surface area contributed by atoms with Crippen LogP contribution in [0.3, 0.4) is 0 Å². The van der Waals surface area contributed by atoms with Crippen molar-refractivity contribution in [1.82, 2.24) is 24.3 Å². The molecule has 2 heterocycles. The second kappa shape index (κ2) is 6.62. The van der Waals surface area contributed by atoms with Gasteiger partial charge in [-0.05, 0) is 32.0 Å². The van der Waals surface area contributed by atoms with E-state index in [9.17, 15) is 0 Å². The number of nitrogens with zero attached hydrogens (tertiary/aromatic N) is 5. The van der Waals surface area contributed by atoms with Crippen LogP contribution in [0, 0.1) is 0 Å². The lowest BCUT2D eigenvalue weighted by atomic mass is 10.1. The second-order valence-electron chi connectivity index (χ2n) is 4.82. The van der Waals surface area contributed by atoms with E-state index in [1.165, 1.54) is 11.5 Å². The highest BCUT2D eigenvalue weighted by atomic mass is 35.5. The lowest BCUT2D eigenvalue weighted by Crippen LogP contribution is -2.23. The van der Waals surface area contributed by atoms with Crippen LogP contribution in [-0.2, 0) is 13.0 Å². The van der Waals surface area contributed by atoms with Crippen molar-refractivity contribution >= 4 is 23.1 Å². The molecule has 110 valence electrons. The van der Waals surface area contributed by atoms with Gasteiger partial charge in [0.05, 0.1) is 40.1 Å². The molecule has 0 aliphatic heterocycles. The van der Waals surface area contributed by atoms with Crippen LogP contribution in [0.2, 0.25) is 5.02 Å². The molecule has 0 aromatic carbocycles. The van der Waals surface area contributed by atoms with Gasteiger partial charge in [-0.2, -0.15) is 5.10 Å². The smallest absolute Gasteiger partial charge is 0.0867 e. The Labute approximate surface area is 127 Å². The normalized spacial score (nSPS) is 13.1.